The topological polar surface area (TPSA) is 0 Å². The Morgan fingerprint density at radius 2 is 1.18 bits per heavy atom. The Kier molecular flexibility index (Phi) is 6.02. The van der Waals surface area contributed by atoms with Crippen LogP contribution in [0.15, 0.2) is 60.7 Å². The summed E-state index contributed by atoms with van der Waals surface area (Å²) in [4.78, 5) is 0. The van der Waals surface area contributed by atoms with Gasteiger partial charge in [-0.05, 0) is 0 Å². The molecular formula is C15H19ClSi. The van der Waals surface area contributed by atoms with Gasteiger partial charge >= 0.3 is 0 Å². The lowest BCUT2D eigenvalue weighted by Gasteiger charge is -2.15. The van der Waals surface area contributed by atoms with Gasteiger partial charge in [-0.25, -0.2) is 0 Å². The Morgan fingerprint density at radius 3 is 1.53 bits per heavy atom. The lowest BCUT2D eigenvalue weighted by molar-refractivity contribution is 1.07. The fraction of sp³-hybridized carbons (Fsp3) is 0.200. The predicted octanol–water partition coefficient (Wildman–Crippen LogP) is 2.86. The second-order valence-corrected chi connectivity index (χ2v) is 7.18. The Balaban J connectivity index is 0.00000144. The summed E-state index contributed by atoms with van der Waals surface area (Å²) >= 11 is 0. The van der Waals surface area contributed by atoms with Gasteiger partial charge in [-0.1, -0.05) is 90.4 Å². The molecule has 0 aromatic heterocycles. The van der Waals surface area contributed by atoms with Gasteiger partial charge in [0.05, 0.1) is 0 Å². The van der Waals surface area contributed by atoms with Crippen LogP contribution in [0.4, 0.5) is 0 Å². The Bertz CT molecular complexity index is 374. The highest BCUT2D eigenvalue weighted by molar-refractivity contribution is 6.85. The maximum absolute atomic E-state index is 2.29. The number of halogens is 1. The van der Waals surface area contributed by atoms with E-state index in [-0.39, 0.29) is 12.4 Å². The average molecular weight is 263 g/mol. The van der Waals surface area contributed by atoms with Gasteiger partial charge in [-0.2, -0.15) is 0 Å². The highest BCUT2D eigenvalue weighted by Crippen LogP contribution is 2.00. The van der Waals surface area contributed by atoms with Gasteiger partial charge in [0.25, 0.3) is 0 Å². The maximum Gasteiger partial charge on any atom is 0.103 e. The second kappa shape index (κ2) is 7.31. The zero-order valence-corrected chi connectivity index (χ0v) is 12.1. The summed E-state index contributed by atoms with van der Waals surface area (Å²) in [5.41, 5.74) is 0. The first kappa shape index (κ1) is 14.0. The zero-order valence-electron chi connectivity index (χ0n) is 10.2. The van der Waals surface area contributed by atoms with Crippen LogP contribution in [0.3, 0.4) is 0 Å². The van der Waals surface area contributed by atoms with Crippen LogP contribution in [0, 0.1) is 0 Å². The van der Waals surface area contributed by atoms with Crippen molar-refractivity contribution in [1.29, 1.82) is 0 Å². The third-order valence-corrected chi connectivity index (χ3v) is 6.52. The van der Waals surface area contributed by atoms with Gasteiger partial charge in [0.15, 0.2) is 0 Å². The first-order chi connectivity index (χ1) is 7.92. The normalized spacial score (nSPS) is 10.0. The zero-order chi connectivity index (χ0) is 11.2. The van der Waals surface area contributed by atoms with E-state index in [1.807, 2.05) is 0 Å². The first-order valence-electron chi connectivity index (χ1n) is 6.01. The molecule has 0 fully saturated rings. The molecule has 0 aliphatic heterocycles. The molecule has 0 aliphatic carbocycles. The Hall–Kier alpha value is -1.05. The van der Waals surface area contributed by atoms with E-state index < -0.39 is 8.80 Å². The standard InChI is InChI=1S/C15H18Si.ClH/c1-2-13-16(14-9-5-3-6-10-14)15-11-7-4-8-12-15;/h3-12,16H,2,13H2,1H3;1H. The Morgan fingerprint density at radius 1 is 0.765 bits per heavy atom. The minimum Gasteiger partial charge on any atom is -0.147 e. The van der Waals surface area contributed by atoms with Crippen molar-refractivity contribution in [2.24, 2.45) is 0 Å². The van der Waals surface area contributed by atoms with Crippen LogP contribution in [0.5, 0.6) is 0 Å². The molecular weight excluding hydrogens is 244 g/mol. The molecule has 2 rings (SSSR count). The molecule has 0 bridgehead atoms. The lowest BCUT2D eigenvalue weighted by Crippen LogP contribution is -2.41. The molecule has 17 heavy (non-hydrogen) atoms. The average Bonchev–Trinajstić information content (AvgIpc) is 2.38. The largest absolute Gasteiger partial charge is 0.147 e. The Labute approximate surface area is 112 Å². The van der Waals surface area contributed by atoms with Crippen molar-refractivity contribution in [2.75, 3.05) is 0 Å². The van der Waals surface area contributed by atoms with Gasteiger partial charge in [0, 0.05) is 0 Å². The summed E-state index contributed by atoms with van der Waals surface area (Å²) in [7, 11) is -0.950. The molecule has 90 valence electrons. The molecule has 2 heteroatoms. The lowest BCUT2D eigenvalue weighted by atomic mass is 10.4. The van der Waals surface area contributed by atoms with Gasteiger partial charge < -0.3 is 0 Å². The van der Waals surface area contributed by atoms with E-state index in [2.05, 4.69) is 67.6 Å². The van der Waals surface area contributed by atoms with Crippen LogP contribution in [-0.2, 0) is 0 Å². The number of hydrogen-bond acceptors (Lipinski definition) is 0. The summed E-state index contributed by atoms with van der Waals surface area (Å²) in [6.07, 6.45) is 1.28. The van der Waals surface area contributed by atoms with Crippen LogP contribution in [-0.4, -0.2) is 8.80 Å². The number of hydrogen-bond donors (Lipinski definition) is 0. The number of benzene rings is 2. The highest BCUT2D eigenvalue weighted by atomic mass is 35.5. The monoisotopic (exact) mass is 262 g/mol. The van der Waals surface area contributed by atoms with Gasteiger partial charge in [0.1, 0.15) is 8.80 Å². The molecule has 0 nitrogen and oxygen atoms in total. The van der Waals surface area contributed by atoms with Crippen molar-refractivity contribution in [3.05, 3.63) is 60.7 Å². The van der Waals surface area contributed by atoms with Crippen LogP contribution in [0.2, 0.25) is 6.04 Å². The summed E-state index contributed by atoms with van der Waals surface area (Å²) in [6, 6.07) is 23.4. The highest BCUT2D eigenvalue weighted by Gasteiger charge is 2.13. The van der Waals surface area contributed by atoms with Crippen LogP contribution >= 0.6 is 12.4 Å². The van der Waals surface area contributed by atoms with E-state index in [0.29, 0.717) is 0 Å². The molecule has 2 aromatic rings. The van der Waals surface area contributed by atoms with Crippen LogP contribution in [0.1, 0.15) is 13.3 Å². The quantitative estimate of drug-likeness (QED) is 0.744. The van der Waals surface area contributed by atoms with Gasteiger partial charge in [-0.3, -0.25) is 0 Å². The van der Waals surface area contributed by atoms with Crippen molar-refractivity contribution in [3.63, 3.8) is 0 Å². The molecule has 0 unspecified atom stereocenters. The molecule has 0 N–H and O–H groups in total. The van der Waals surface area contributed by atoms with Crippen molar-refractivity contribution >= 4 is 31.6 Å². The SMILES string of the molecule is CCC[SiH](c1ccccc1)c1ccccc1.Cl. The van der Waals surface area contributed by atoms with E-state index in [1.54, 1.807) is 10.4 Å². The fourth-order valence-electron chi connectivity index (χ4n) is 2.19. The molecule has 0 saturated carbocycles. The first-order valence-corrected chi connectivity index (χ1v) is 7.99. The second-order valence-electron chi connectivity index (χ2n) is 4.16. The van der Waals surface area contributed by atoms with E-state index in [4.69, 9.17) is 0 Å². The molecule has 0 heterocycles. The predicted molar refractivity (Wildman–Crippen MR) is 81.6 cm³/mol. The smallest absolute Gasteiger partial charge is 0.103 e. The van der Waals surface area contributed by atoms with Crippen LogP contribution in [0.25, 0.3) is 0 Å². The van der Waals surface area contributed by atoms with E-state index in [1.165, 1.54) is 12.5 Å². The minimum atomic E-state index is -0.950. The maximum atomic E-state index is 2.29. The summed E-state index contributed by atoms with van der Waals surface area (Å²) in [5, 5.41) is 3.13. The minimum absolute atomic E-state index is 0. The number of rotatable bonds is 4. The van der Waals surface area contributed by atoms with Crippen molar-refractivity contribution < 1.29 is 0 Å². The van der Waals surface area contributed by atoms with E-state index in [0.717, 1.165) is 0 Å². The molecule has 0 saturated heterocycles. The van der Waals surface area contributed by atoms with Crippen molar-refractivity contribution in [3.8, 4) is 0 Å². The molecule has 0 spiro atoms. The molecule has 2 aromatic carbocycles. The third kappa shape index (κ3) is 3.72. The van der Waals surface area contributed by atoms with Crippen molar-refractivity contribution in [2.45, 2.75) is 19.4 Å². The molecule has 0 radical (unpaired) electrons. The molecule has 0 atom stereocenters. The van der Waals surface area contributed by atoms with E-state index in [9.17, 15) is 0 Å². The molecule has 0 amide bonds. The summed E-state index contributed by atoms with van der Waals surface area (Å²) in [5.74, 6) is 0. The van der Waals surface area contributed by atoms with Gasteiger partial charge in [0.2, 0.25) is 0 Å². The summed E-state index contributed by atoms with van der Waals surface area (Å²) in [6.45, 7) is 2.28. The van der Waals surface area contributed by atoms with Crippen molar-refractivity contribution in [1.82, 2.24) is 0 Å². The van der Waals surface area contributed by atoms with Gasteiger partial charge in [-0.15, -0.1) is 12.4 Å². The third-order valence-electron chi connectivity index (χ3n) is 2.98. The fourth-order valence-corrected chi connectivity index (χ4v) is 5.19. The summed E-state index contributed by atoms with van der Waals surface area (Å²) < 4.78 is 0. The van der Waals surface area contributed by atoms with Crippen LogP contribution < -0.4 is 10.4 Å². The molecule has 0 aliphatic rings. The van der Waals surface area contributed by atoms with E-state index >= 15 is 0 Å².